The van der Waals surface area contributed by atoms with E-state index >= 15 is 0 Å². The van der Waals surface area contributed by atoms with Gasteiger partial charge in [-0.25, -0.2) is 0 Å². The third-order valence-corrected chi connectivity index (χ3v) is 3.05. The quantitative estimate of drug-likeness (QED) is 0.669. The number of nitrogens with one attached hydrogen (secondary N) is 2. The molecule has 2 N–H and O–H groups in total. The van der Waals surface area contributed by atoms with Gasteiger partial charge in [0.15, 0.2) is 0 Å². The summed E-state index contributed by atoms with van der Waals surface area (Å²) in [4.78, 5) is 22.5. The van der Waals surface area contributed by atoms with Gasteiger partial charge in [-0.3, -0.25) is 9.59 Å². The van der Waals surface area contributed by atoms with E-state index < -0.39 is 0 Å². The summed E-state index contributed by atoms with van der Waals surface area (Å²) in [5.74, 6) is 0.541. The van der Waals surface area contributed by atoms with E-state index in [9.17, 15) is 9.59 Å². The van der Waals surface area contributed by atoms with Crippen LogP contribution in [0, 0.1) is 11.8 Å². The number of carbonyl (C=O) groups is 2. The second kappa shape index (κ2) is 3.59. The topological polar surface area (TPSA) is 58.2 Å². The maximum Gasteiger partial charge on any atom is 0.225 e. The zero-order chi connectivity index (χ0) is 10.1. The van der Waals surface area contributed by atoms with E-state index in [1.54, 1.807) is 0 Å². The Bertz CT molecular complexity index is 261. The standard InChI is InChI=1S/C10H16N2O2/c1-6(7-2-3-7)12-10(14)8-4-9(13)11-5-8/h6-8H,2-5H2,1H3,(H,11,13)(H,12,14). The number of amides is 2. The molecule has 1 aliphatic carbocycles. The van der Waals surface area contributed by atoms with Gasteiger partial charge in [-0.05, 0) is 25.7 Å². The van der Waals surface area contributed by atoms with Gasteiger partial charge in [0.1, 0.15) is 0 Å². The molecule has 4 nitrogen and oxygen atoms in total. The van der Waals surface area contributed by atoms with Crippen molar-refractivity contribution in [2.45, 2.75) is 32.2 Å². The summed E-state index contributed by atoms with van der Waals surface area (Å²) >= 11 is 0. The van der Waals surface area contributed by atoms with Crippen molar-refractivity contribution in [1.29, 1.82) is 0 Å². The molecule has 2 amide bonds. The average Bonchev–Trinajstić information content (AvgIpc) is 2.89. The minimum atomic E-state index is -0.149. The molecule has 1 saturated heterocycles. The van der Waals surface area contributed by atoms with Crippen molar-refractivity contribution in [2.24, 2.45) is 11.8 Å². The van der Waals surface area contributed by atoms with E-state index in [-0.39, 0.29) is 23.8 Å². The molecule has 14 heavy (non-hydrogen) atoms. The fraction of sp³-hybridized carbons (Fsp3) is 0.800. The minimum absolute atomic E-state index is 0.00998. The highest BCUT2D eigenvalue weighted by molar-refractivity contribution is 5.89. The van der Waals surface area contributed by atoms with Crippen LogP contribution < -0.4 is 10.6 Å². The first-order valence-electron chi connectivity index (χ1n) is 5.24. The zero-order valence-corrected chi connectivity index (χ0v) is 8.38. The maximum atomic E-state index is 11.6. The lowest BCUT2D eigenvalue weighted by Gasteiger charge is -2.15. The maximum absolute atomic E-state index is 11.6. The van der Waals surface area contributed by atoms with Gasteiger partial charge in [-0.15, -0.1) is 0 Å². The van der Waals surface area contributed by atoms with Crippen LogP contribution in [0.4, 0.5) is 0 Å². The number of hydrogen-bond acceptors (Lipinski definition) is 2. The van der Waals surface area contributed by atoms with Gasteiger partial charge in [0.25, 0.3) is 0 Å². The summed E-state index contributed by atoms with van der Waals surface area (Å²) in [6, 6.07) is 0.276. The predicted octanol–water partition coefficient (Wildman–Crippen LogP) is 0.0372. The molecule has 2 rings (SSSR count). The SMILES string of the molecule is CC(NC(=O)C1CNC(=O)C1)C1CC1. The molecule has 0 aromatic heterocycles. The van der Waals surface area contributed by atoms with Crippen molar-refractivity contribution in [1.82, 2.24) is 10.6 Å². The number of carbonyl (C=O) groups excluding carboxylic acids is 2. The summed E-state index contributed by atoms with van der Waals surface area (Å²) < 4.78 is 0. The Hall–Kier alpha value is -1.06. The van der Waals surface area contributed by atoms with Crippen LogP contribution in [-0.2, 0) is 9.59 Å². The highest BCUT2D eigenvalue weighted by Gasteiger charge is 2.33. The fourth-order valence-electron chi connectivity index (χ4n) is 1.85. The van der Waals surface area contributed by atoms with Crippen LogP contribution in [-0.4, -0.2) is 24.4 Å². The Morgan fingerprint density at radius 1 is 1.57 bits per heavy atom. The molecule has 78 valence electrons. The van der Waals surface area contributed by atoms with E-state index in [4.69, 9.17) is 0 Å². The Morgan fingerprint density at radius 3 is 2.79 bits per heavy atom. The van der Waals surface area contributed by atoms with Crippen LogP contribution in [0.15, 0.2) is 0 Å². The van der Waals surface area contributed by atoms with Crippen LogP contribution in [0.25, 0.3) is 0 Å². The second-order valence-corrected chi connectivity index (χ2v) is 4.34. The molecule has 0 aromatic rings. The molecule has 1 aliphatic heterocycles. The van der Waals surface area contributed by atoms with Gasteiger partial charge >= 0.3 is 0 Å². The van der Waals surface area contributed by atoms with Crippen LogP contribution in [0.3, 0.4) is 0 Å². The fourth-order valence-corrected chi connectivity index (χ4v) is 1.85. The van der Waals surface area contributed by atoms with Gasteiger partial charge in [0, 0.05) is 19.0 Å². The molecule has 2 fully saturated rings. The molecule has 0 spiro atoms. The van der Waals surface area contributed by atoms with Crippen LogP contribution in [0.1, 0.15) is 26.2 Å². The number of hydrogen-bond donors (Lipinski definition) is 2. The molecule has 2 aliphatic rings. The van der Waals surface area contributed by atoms with Gasteiger partial charge in [-0.1, -0.05) is 0 Å². The summed E-state index contributed by atoms with van der Waals surface area (Å²) in [7, 11) is 0. The van der Waals surface area contributed by atoms with E-state index in [2.05, 4.69) is 10.6 Å². The molecular formula is C10H16N2O2. The first-order valence-corrected chi connectivity index (χ1v) is 5.24. The molecule has 2 unspecified atom stereocenters. The summed E-state index contributed by atoms with van der Waals surface area (Å²) in [5.41, 5.74) is 0. The Balaban J connectivity index is 1.79. The average molecular weight is 196 g/mol. The predicted molar refractivity (Wildman–Crippen MR) is 51.4 cm³/mol. The van der Waals surface area contributed by atoms with Gasteiger partial charge in [0.2, 0.25) is 11.8 Å². The summed E-state index contributed by atoms with van der Waals surface area (Å²) in [6.07, 6.45) is 2.80. The molecule has 4 heteroatoms. The lowest BCUT2D eigenvalue weighted by Crippen LogP contribution is -2.39. The number of rotatable bonds is 3. The van der Waals surface area contributed by atoms with Crippen molar-refractivity contribution in [3.63, 3.8) is 0 Å². The van der Waals surface area contributed by atoms with Crippen molar-refractivity contribution >= 4 is 11.8 Å². The molecule has 2 atom stereocenters. The Kier molecular flexibility index (Phi) is 2.44. The zero-order valence-electron chi connectivity index (χ0n) is 8.38. The first-order chi connectivity index (χ1) is 6.66. The van der Waals surface area contributed by atoms with Gasteiger partial charge in [-0.2, -0.15) is 0 Å². The minimum Gasteiger partial charge on any atom is -0.355 e. The van der Waals surface area contributed by atoms with Crippen molar-refractivity contribution in [3.05, 3.63) is 0 Å². The third kappa shape index (κ3) is 2.05. The molecule has 1 saturated carbocycles. The van der Waals surface area contributed by atoms with Crippen LogP contribution in [0.2, 0.25) is 0 Å². The lowest BCUT2D eigenvalue weighted by molar-refractivity contribution is -0.127. The van der Waals surface area contributed by atoms with Gasteiger partial charge in [0.05, 0.1) is 5.92 Å². The van der Waals surface area contributed by atoms with Crippen LogP contribution >= 0.6 is 0 Å². The van der Waals surface area contributed by atoms with Crippen LogP contribution in [0.5, 0.6) is 0 Å². The monoisotopic (exact) mass is 196 g/mol. The summed E-state index contributed by atoms with van der Waals surface area (Å²) in [6.45, 7) is 2.54. The Labute approximate surface area is 83.4 Å². The third-order valence-electron chi connectivity index (χ3n) is 3.05. The van der Waals surface area contributed by atoms with E-state index in [0.29, 0.717) is 18.9 Å². The highest BCUT2D eigenvalue weighted by atomic mass is 16.2. The van der Waals surface area contributed by atoms with Crippen molar-refractivity contribution in [3.8, 4) is 0 Å². The van der Waals surface area contributed by atoms with Crippen molar-refractivity contribution in [2.75, 3.05) is 6.54 Å². The molecular weight excluding hydrogens is 180 g/mol. The molecule has 1 heterocycles. The van der Waals surface area contributed by atoms with Crippen molar-refractivity contribution < 1.29 is 9.59 Å². The first kappa shape index (κ1) is 9.49. The van der Waals surface area contributed by atoms with E-state index in [1.165, 1.54) is 12.8 Å². The largest absolute Gasteiger partial charge is 0.355 e. The van der Waals surface area contributed by atoms with Gasteiger partial charge < -0.3 is 10.6 Å². The smallest absolute Gasteiger partial charge is 0.225 e. The lowest BCUT2D eigenvalue weighted by atomic mass is 10.1. The van der Waals surface area contributed by atoms with E-state index in [0.717, 1.165) is 0 Å². The molecule has 0 aromatic carbocycles. The second-order valence-electron chi connectivity index (χ2n) is 4.34. The molecule has 0 bridgehead atoms. The normalized spacial score (nSPS) is 28.4. The Morgan fingerprint density at radius 2 is 2.29 bits per heavy atom. The summed E-state index contributed by atoms with van der Waals surface area (Å²) in [5, 5.41) is 5.64. The van der Waals surface area contributed by atoms with E-state index in [1.807, 2.05) is 6.92 Å². The molecule has 0 radical (unpaired) electrons. The highest BCUT2D eigenvalue weighted by Crippen LogP contribution is 2.32.